The number of anilines is 2. The first-order valence-corrected chi connectivity index (χ1v) is 11.5. The predicted octanol–water partition coefficient (Wildman–Crippen LogP) is 6.25. The monoisotopic (exact) mass is 424 g/mol. The number of hydrogen-bond donors (Lipinski definition) is 3. The van der Waals surface area contributed by atoms with Crippen LogP contribution in [0.5, 0.6) is 0 Å². The molecule has 5 rings (SSSR count). The van der Waals surface area contributed by atoms with Gasteiger partial charge in [0.2, 0.25) is 0 Å². The average molecular weight is 425 g/mol. The van der Waals surface area contributed by atoms with Crippen molar-refractivity contribution in [2.45, 2.75) is 32.1 Å². The molecule has 4 aromatic rings. The number of para-hydroxylation sites is 1. The second-order valence-corrected chi connectivity index (χ2v) is 8.34. The molecule has 0 aliphatic heterocycles. The summed E-state index contributed by atoms with van der Waals surface area (Å²) < 4.78 is 0. The van der Waals surface area contributed by atoms with Crippen molar-refractivity contribution in [3.05, 3.63) is 77.9 Å². The fourth-order valence-corrected chi connectivity index (χ4v) is 4.53. The molecule has 0 saturated carbocycles. The van der Waals surface area contributed by atoms with Crippen LogP contribution in [0.1, 0.15) is 48.0 Å². The van der Waals surface area contributed by atoms with Gasteiger partial charge in [0.15, 0.2) is 5.78 Å². The number of unbranched alkanes of at least 4 members (excludes halogenated alkanes) is 4. The van der Waals surface area contributed by atoms with Gasteiger partial charge in [0, 0.05) is 41.0 Å². The van der Waals surface area contributed by atoms with Crippen LogP contribution >= 0.6 is 0 Å². The van der Waals surface area contributed by atoms with E-state index in [0.29, 0.717) is 0 Å². The summed E-state index contributed by atoms with van der Waals surface area (Å²) in [5, 5.41) is 15.5. The molecule has 0 fully saturated rings. The lowest BCUT2D eigenvalue weighted by atomic mass is 9.86. The zero-order chi connectivity index (χ0) is 21.8. The standard InChI is InChI=1S/C27H28N4O/c32-27-21-14-10-16-23-24(21)26(31-30-23)20-13-9-15-22(25(20)27)29-18-8-3-1-2-7-17-28-19-11-5-4-6-12-19/h4-6,9-16,28-29H,1-3,7-8,17-18H2,(H,30,31). The number of carbonyl (C=O) groups is 1. The van der Waals surface area contributed by atoms with Crippen LogP contribution < -0.4 is 10.6 Å². The van der Waals surface area contributed by atoms with Crippen LogP contribution in [0.15, 0.2) is 66.7 Å². The Balaban J connectivity index is 1.12. The fourth-order valence-electron chi connectivity index (χ4n) is 4.53. The maximum atomic E-state index is 13.3. The van der Waals surface area contributed by atoms with E-state index in [0.717, 1.165) is 58.5 Å². The number of carbonyl (C=O) groups excluding carboxylic acids is 1. The number of ketones is 1. The molecule has 1 aliphatic rings. The van der Waals surface area contributed by atoms with Crippen LogP contribution in [0.4, 0.5) is 11.4 Å². The van der Waals surface area contributed by atoms with Gasteiger partial charge < -0.3 is 10.6 Å². The van der Waals surface area contributed by atoms with Crippen LogP contribution in [-0.2, 0) is 0 Å². The second kappa shape index (κ2) is 9.27. The van der Waals surface area contributed by atoms with E-state index in [1.165, 1.54) is 31.4 Å². The summed E-state index contributed by atoms with van der Waals surface area (Å²) in [6.45, 7) is 1.88. The molecular weight excluding hydrogens is 396 g/mol. The van der Waals surface area contributed by atoms with E-state index in [2.05, 4.69) is 45.1 Å². The molecule has 0 spiro atoms. The SMILES string of the molecule is O=C1c2c(NCCCCCCCNc3ccccc3)cccc2-c2n[nH]c3cccc1c23. The molecule has 5 nitrogen and oxygen atoms in total. The number of hydrogen-bond acceptors (Lipinski definition) is 4. The first-order valence-electron chi connectivity index (χ1n) is 11.5. The number of rotatable bonds is 10. The van der Waals surface area contributed by atoms with Gasteiger partial charge in [-0.25, -0.2) is 0 Å². The highest BCUT2D eigenvalue weighted by Gasteiger charge is 2.29. The van der Waals surface area contributed by atoms with Gasteiger partial charge in [-0.05, 0) is 37.1 Å². The zero-order valence-corrected chi connectivity index (χ0v) is 18.2. The van der Waals surface area contributed by atoms with Gasteiger partial charge in [-0.3, -0.25) is 9.89 Å². The van der Waals surface area contributed by atoms with Gasteiger partial charge in [0.1, 0.15) is 5.69 Å². The van der Waals surface area contributed by atoms with E-state index >= 15 is 0 Å². The zero-order valence-electron chi connectivity index (χ0n) is 18.2. The molecule has 5 heteroatoms. The highest BCUT2D eigenvalue weighted by atomic mass is 16.1. The lowest BCUT2D eigenvalue weighted by Gasteiger charge is -2.19. The van der Waals surface area contributed by atoms with E-state index in [4.69, 9.17) is 0 Å². The summed E-state index contributed by atoms with van der Waals surface area (Å²) in [4.78, 5) is 13.3. The molecule has 0 amide bonds. The molecule has 1 aliphatic carbocycles. The predicted molar refractivity (Wildman–Crippen MR) is 131 cm³/mol. The quantitative estimate of drug-likeness (QED) is 0.232. The van der Waals surface area contributed by atoms with E-state index < -0.39 is 0 Å². The lowest BCUT2D eigenvalue weighted by Crippen LogP contribution is -2.14. The van der Waals surface area contributed by atoms with Gasteiger partial charge in [0.25, 0.3) is 0 Å². The molecule has 162 valence electrons. The summed E-state index contributed by atoms with van der Waals surface area (Å²) in [7, 11) is 0. The Bertz CT molecular complexity index is 1230. The normalized spacial score (nSPS) is 12.1. The lowest BCUT2D eigenvalue weighted by molar-refractivity contribution is 0.104. The topological polar surface area (TPSA) is 69.8 Å². The first kappa shape index (κ1) is 20.3. The number of aromatic amines is 1. The highest BCUT2D eigenvalue weighted by molar-refractivity contribution is 6.27. The molecule has 0 bridgehead atoms. The summed E-state index contributed by atoms with van der Waals surface area (Å²) in [6.07, 6.45) is 5.91. The molecule has 3 N–H and O–H groups in total. The van der Waals surface area contributed by atoms with Crippen molar-refractivity contribution in [3.63, 3.8) is 0 Å². The Kier molecular flexibility index (Phi) is 5.88. The summed E-state index contributed by atoms with van der Waals surface area (Å²) in [5.74, 6) is 0.0773. The van der Waals surface area contributed by atoms with Gasteiger partial charge in [-0.1, -0.05) is 61.7 Å². The third kappa shape index (κ3) is 3.98. The molecule has 0 saturated heterocycles. The third-order valence-corrected chi connectivity index (χ3v) is 6.15. The molecule has 32 heavy (non-hydrogen) atoms. The first-order chi connectivity index (χ1) is 15.8. The number of nitrogens with one attached hydrogen (secondary N) is 3. The van der Waals surface area contributed by atoms with Gasteiger partial charge >= 0.3 is 0 Å². The Morgan fingerprint density at radius 3 is 2.28 bits per heavy atom. The molecule has 3 aromatic carbocycles. The number of nitrogens with zero attached hydrogens (tertiary/aromatic N) is 1. The van der Waals surface area contributed by atoms with E-state index in [-0.39, 0.29) is 5.78 Å². The molecular formula is C27H28N4O. The third-order valence-electron chi connectivity index (χ3n) is 6.15. The van der Waals surface area contributed by atoms with Crippen LogP contribution in [0.25, 0.3) is 22.2 Å². The van der Waals surface area contributed by atoms with Crippen molar-refractivity contribution < 1.29 is 4.79 Å². The second-order valence-electron chi connectivity index (χ2n) is 8.34. The Labute approximate surface area is 188 Å². The maximum Gasteiger partial charge on any atom is 0.196 e. The van der Waals surface area contributed by atoms with Crippen molar-refractivity contribution >= 4 is 28.1 Å². The van der Waals surface area contributed by atoms with Gasteiger partial charge in [-0.15, -0.1) is 0 Å². The van der Waals surface area contributed by atoms with E-state index in [1.807, 2.05) is 42.5 Å². The van der Waals surface area contributed by atoms with Crippen LogP contribution in [-0.4, -0.2) is 29.1 Å². The molecule has 0 unspecified atom stereocenters. The summed E-state index contributed by atoms with van der Waals surface area (Å²) in [6, 6.07) is 22.1. The Morgan fingerprint density at radius 2 is 1.44 bits per heavy atom. The van der Waals surface area contributed by atoms with Crippen LogP contribution in [0, 0.1) is 0 Å². The number of aromatic nitrogens is 2. The largest absolute Gasteiger partial charge is 0.385 e. The van der Waals surface area contributed by atoms with Crippen LogP contribution in [0.2, 0.25) is 0 Å². The fraction of sp³-hybridized carbons (Fsp3) is 0.259. The maximum absolute atomic E-state index is 13.3. The molecule has 1 aromatic heterocycles. The number of H-pyrrole nitrogens is 1. The van der Waals surface area contributed by atoms with Crippen LogP contribution in [0.3, 0.4) is 0 Å². The van der Waals surface area contributed by atoms with Crippen molar-refractivity contribution in [1.82, 2.24) is 10.2 Å². The minimum absolute atomic E-state index is 0.0773. The number of fused-ring (bicyclic) bond motifs is 2. The summed E-state index contributed by atoms with van der Waals surface area (Å²) in [5.41, 5.74) is 6.27. The molecule has 0 atom stereocenters. The van der Waals surface area contributed by atoms with Gasteiger partial charge in [0.05, 0.1) is 11.1 Å². The minimum Gasteiger partial charge on any atom is -0.385 e. The molecule has 0 radical (unpaired) electrons. The smallest absolute Gasteiger partial charge is 0.196 e. The van der Waals surface area contributed by atoms with Crippen molar-refractivity contribution in [3.8, 4) is 11.3 Å². The minimum atomic E-state index is 0.0773. The van der Waals surface area contributed by atoms with Crippen molar-refractivity contribution in [2.75, 3.05) is 23.7 Å². The van der Waals surface area contributed by atoms with Crippen molar-refractivity contribution in [2.24, 2.45) is 0 Å². The highest BCUT2D eigenvalue weighted by Crippen LogP contribution is 2.40. The Hall–Kier alpha value is -3.60. The van der Waals surface area contributed by atoms with Gasteiger partial charge in [-0.2, -0.15) is 5.10 Å². The molecule has 1 heterocycles. The van der Waals surface area contributed by atoms with E-state index in [9.17, 15) is 4.79 Å². The number of benzene rings is 3. The van der Waals surface area contributed by atoms with Crippen molar-refractivity contribution in [1.29, 1.82) is 0 Å². The summed E-state index contributed by atoms with van der Waals surface area (Å²) >= 11 is 0. The Morgan fingerprint density at radius 1 is 0.719 bits per heavy atom. The van der Waals surface area contributed by atoms with E-state index in [1.54, 1.807) is 0 Å². The average Bonchev–Trinajstić information content (AvgIpc) is 3.27.